The van der Waals surface area contributed by atoms with Gasteiger partial charge in [-0.25, -0.2) is 8.42 Å². The number of hydrogen-bond acceptors (Lipinski definition) is 9. The van der Waals surface area contributed by atoms with Gasteiger partial charge in [0.05, 0.1) is 43.2 Å². The number of rotatable bonds is 7. The van der Waals surface area contributed by atoms with Crippen LogP contribution in [-0.2, 0) is 29.1 Å². The van der Waals surface area contributed by atoms with Crippen LogP contribution in [0.1, 0.15) is 17.4 Å². The lowest BCUT2D eigenvalue weighted by Gasteiger charge is -2.30. The SMILES string of the molecule is O=C1C(=O)N(CCN2CCOCC2)C(c2ccco2)C1=C(O)c1ccc(S(=O)(=O)N2CCOCC2)cc1. The molecular weight excluding hydrogens is 502 g/mol. The number of hydrogen-bond donors (Lipinski definition) is 1. The second-order valence-electron chi connectivity index (χ2n) is 9.00. The molecule has 0 spiro atoms. The lowest BCUT2D eigenvalue weighted by Crippen LogP contribution is -2.42. The summed E-state index contributed by atoms with van der Waals surface area (Å²) in [5.41, 5.74) is 0.134. The summed E-state index contributed by atoms with van der Waals surface area (Å²) in [6.07, 6.45) is 1.45. The molecule has 1 amide bonds. The number of sulfonamides is 1. The Balaban J connectivity index is 1.44. The van der Waals surface area contributed by atoms with Crippen molar-refractivity contribution in [3.05, 3.63) is 59.6 Å². The summed E-state index contributed by atoms with van der Waals surface area (Å²) in [4.78, 5) is 29.8. The van der Waals surface area contributed by atoms with E-state index in [-0.39, 0.29) is 41.4 Å². The number of carbonyl (C=O) groups is 2. The third kappa shape index (κ3) is 5.07. The van der Waals surface area contributed by atoms with E-state index in [0.29, 0.717) is 38.7 Å². The van der Waals surface area contributed by atoms with Crippen molar-refractivity contribution in [2.24, 2.45) is 0 Å². The molecule has 0 aliphatic carbocycles. The molecule has 198 valence electrons. The highest BCUT2D eigenvalue weighted by atomic mass is 32.2. The van der Waals surface area contributed by atoms with Crippen LogP contribution in [0, 0.1) is 0 Å². The average Bonchev–Trinajstić information content (AvgIpc) is 3.55. The number of ether oxygens (including phenoxy) is 2. The highest BCUT2D eigenvalue weighted by molar-refractivity contribution is 7.89. The summed E-state index contributed by atoms with van der Waals surface area (Å²) < 4.78 is 43.4. The fraction of sp³-hybridized carbons (Fsp3) is 0.440. The minimum atomic E-state index is -3.72. The number of likely N-dealkylation sites (tertiary alicyclic amines) is 1. The quantitative estimate of drug-likeness (QED) is 0.317. The van der Waals surface area contributed by atoms with E-state index in [1.165, 1.54) is 39.7 Å². The molecular formula is C25H29N3O8S. The highest BCUT2D eigenvalue weighted by Gasteiger charge is 2.47. The van der Waals surface area contributed by atoms with E-state index in [2.05, 4.69) is 4.90 Å². The summed E-state index contributed by atoms with van der Waals surface area (Å²) in [5, 5.41) is 11.2. The number of nitrogens with zero attached hydrogens (tertiary/aromatic N) is 3. The summed E-state index contributed by atoms with van der Waals surface area (Å²) in [5.74, 6) is -1.56. The fourth-order valence-corrected chi connectivity index (χ4v) is 6.21. The van der Waals surface area contributed by atoms with E-state index in [1.807, 2.05) is 0 Å². The summed E-state index contributed by atoms with van der Waals surface area (Å²) >= 11 is 0. The van der Waals surface area contributed by atoms with Crippen molar-refractivity contribution >= 4 is 27.5 Å². The van der Waals surface area contributed by atoms with Crippen LogP contribution in [0.3, 0.4) is 0 Å². The number of Topliss-reactive ketones (excluding diaryl/α,β-unsaturated/α-hetero) is 1. The summed E-state index contributed by atoms with van der Waals surface area (Å²) in [6, 6.07) is 8.05. The maximum absolute atomic E-state index is 13.1. The third-order valence-corrected chi connectivity index (χ3v) is 8.76. The maximum atomic E-state index is 13.1. The molecule has 3 saturated heterocycles. The lowest BCUT2D eigenvalue weighted by molar-refractivity contribution is -0.140. The van der Waals surface area contributed by atoms with E-state index >= 15 is 0 Å². The second kappa shape index (κ2) is 10.8. The highest BCUT2D eigenvalue weighted by Crippen LogP contribution is 2.39. The molecule has 4 heterocycles. The van der Waals surface area contributed by atoms with Crippen molar-refractivity contribution < 1.29 is 37.0 Å². The van der Waals surface area contributed by atoms with Crippen LogP contribution >= 0.6 is 0 Å². The van der Waals surface area contributed by atoms with Gasteiger partial charge in [0.2, 0.25) is 10.0 Å². The molecule has 5 rings (SSSR count). The van der Waals surface area contributed by atoms with E-state index in [1.54, 1.807) is 12.1 Å². The lowest BCUT2D eigenvalue weighted by atomic mass is 9.99. The van der Waals surface area contributed by atoms with Crippen LogP contribution in [-0.4, -0.2) is 105 Å². The van der Waals surface area contributed by atoms with Crippen molar-refractivity contribution in [1.82, 2.24) is 14.1 Å². The van der Waals surface area contributed by atoms with E-state index in [0.717, 1.165) is 13.1 Å². The van der Waals surface area contributed by atoms with Gasteiger partial charge in [-0.15, -0.1) is 0 Å². The van der Waals surface area contributed by atoms with Crippen molar-refractivity contribution in [2.75, 3.05) is 65.7 Å². The first-order valence-corrected chi connectivity index (χ1v) is 13.6. The molecule has 3 aliphatic heterocycles. The first kappa shape index (κ1) is 25.6. The Kier molecular flexibility index (Phi) is 7.45. The number of ketones is 1. The van der Waals surface area contributed by atoms with Gasteiger partial charge in [0.25, 0.3) is 11.7 Å². The number of aliphatic hydroxyl groups is 1. The van der Waals surface area contributed by atoms with E-state index in [9.17, 15) is 23.1 Å². The van der Waals surface area contributed by atoms with Crippen molar-refractivity contribution in [1.29, 1.82) is 0 Å². The zero-order chi connectivity index (χ0) is 26.0. The molecule has 1 N–H and O–H groups in total. The minimum Gasteiger partial charge on any atom is -0.507 e. The van der Waals surface area contributed by atoms with Crippen LogP contribution in [0.4, 0.5) is 0 Å². The fourth-order valence-electron chi connectivity index (χ4n) is 4.80. The molecule has 0 bridgehead atoms. The number of carbonyl (C=O) groups excluding carboxylic acids is 2. The Morgan fingerprint density at radius 1 is 0.919 bits per heavy atom. The van der Waals surface area contributed by atoms with Gasteiger partial charge in [-0.1, -0.05) is 0 Å². The van der Waals surface area contributed by atoms with Gasteiger partial charge in [0.15, 0.2) is 0 Å². The molecule has 1 aromatic heterocycles. The van der Waals surface area contributed by atoms with E-state index < -0.39 is 27.8 Å². The minimum absolute atomic E-state index is 0.0690. The van der Waals surface area contributed by atoms with Gasteiger partial charge in [0, 0.05) is 44.8 Å². The molecule has 3 aliphatic rings. The molecule has 2 aromatic rings. The normalized spacial score (nSPS) is 23.6. The zero-order valence-electron chi connectivity index (χ0n) is 20.2. The predicted octanol–water partition coefficient (Wildman–Crippen LogP) is 1.05. The van der Waals surface area contributed by atoms with Crippen molar-refractivity contribution in [3.8, 4) is 0 Å². The van der Waals surface area contributed by atoms with Crippen molar-refractivity contribution in [2.45, 2.75) is 10.9 Å². The van der Waals surface area contributed by atoms with Gasteiger partial charge in [-0.05, 0) is 36.4 Å². The Morgan fingerprint density at radius 3 is 2.19 bits per heavy atom. The molecule has 0 saturated carbocycles. The Labute approximate surface area is 214 Å². The molecule has 12 heteroatoms. The van der Waals surface area contributed by atoms with Crippen LogP contribution in [0.2, 0.25) is 0 Å². The van der Waals surface area contributed by atoms with Crippen LogP contribution in [0.25, 0.3) is 5.76 Å². The smallest absolute Gasteiger partial charge is 0.295 e. The van der Waals surface area contributed by atoms with Crippen LogP contribution in [0.15, 0.2) is 57.5 Å². The number of benzene rings is 1. The Morgan fingerprint density at radius 2 is 1.57 bits per heavy atom. The molecule has 3 fully saturated rings. The Hall–Kier alpha value is -3.03. The van der Waals surface area contributed by atoms with Gasteiger partial charge in [-0.2, -0.15) is 4.31 Å². The van der Waals surface area contributed by atoms with Gasteiger partial charge in [0.1, 0.15) is 17.6 Å². The van der Waals surface area contributed by atoms with E-state index in [4.69, 9.17) is 13.9 Å². The summed E-state index contributed by atoms with van der Waals surface area (Å²) in [7, 11) is -3.72. The molecule has 37 heavy (non-hydrogen) atoms. The number of amides is 1. The largest absolute Gasteiger partial charge is 0.507 e. The standard InChI is InChI=1S/C25H29N3O8S/c29-23(18-3-5-19(6-4-18)37(32,33)27-11-16-35-17-12-27)21-22(20-2-1-13-36-20)28(25(31)24(21)30)8-7-26-9-14-34-15-10-26/h1-6,13,22,29H,7-12,14-17H2. The zero-order valence-corrected chi connectivity index (χ0v) is 21.1. The van der Waals surface area contributed by atoms with Crippen LogP contribution in [0.5, 0.6) is 0 Å². The summed E-state index contributed by atoms with van der Waals surface area (Å²) in [6.45, 7) is 4.68. The molecule has 0 radical (unpaired) electrons. The predicted molar refractivity (Wildman–Crippen MR) is 131 cm³/mol. The van der Waals surface area contributed by atoms with Gasteiger partial charge < -0.3 is 23.9 Å². The third-order valence-electron chi connectivity index (χ3n) is 6.85. The molecule has 1 aromatic carbocycles. The van der Waals surface area contributed by atoms with Gasteiger partial charge in [-0.3, -0.25) is 14.5 Å². The first-order chi connectivity index (χ1) is 17.9. The average molecular weight is 532 g/mol. The van der Waals surface area contributed by atoms with Crippen LogP contribution < -0.4 is 0 Å². The second-order valence-corrected chi connectivity index (χ2v) is 10.9. The topological polar surface area (TPSA) is 130 Å². The monoisotopic (exact) mass is 531 g/mol. The first-order valence-electron chi connectivity index (χ1n) is 12.2. The van der Waals surface area contributed by atoms with Gasteiger partial charge >= 0.3 is 0 Å². The number of aliphatic hydroxyl groups excluding tert-OH is 1. The number of furan rings is 1. The van der Waals surface area contributed by atoms with Crippen molar-refractivity contribution in [3.63, 3.8) is 0 Å². The Bertz CT molecular complexity index is 1260. The number of morpholine rings is 2. The molecule has 1 atom stereocenters. The maximum Gasteiger partial charge on any atom is 0.295 e. The molecule has 11 nitrogen and oxygen atoms in total. The molecule has 1 unspecified atom stereocenters.